The molecule has 0 unspecified atom stereocenters. The minimum Gasteiger partial charge on any atom is -0.0991 e. The van der Waals surface area contributed by atoms with Gasteiger partial charge in [-0.25, -0.2) is 0 Å². The summed E-state index contributed by atoms with van der Waals surface area (Å²) < 4.78 is 0. The van der Waals surface area contributed by atoms with E-state index >= 15 is 0 Å². The maximum absolute atomic E-state index is 3.69. The molecule has 0 heterocycles. The quantitative estimate of drug-likeness (QED) is 0.154. The first-order chi connectivity index (χ1) is 11.9. The fraction of sp³-hybridized carbons (Fsp3) is 0.833. The zero-order chi connectivity index (χ0) is 17.6. The van der Waals surface area contributed by atoms with Crippen molar-refractivity contribution in [2.24, 2.45) is 0 Å². The first kappa shape index (κ1) is 23.5. The van der Waals surface area contributed by atoms with Crippen LogP contribution in [0.3, 0.4) is 0 Å². The molecule has 0 aromatic heterocycles. The molecular formula is C24H46. The van der Waals surface area contributed by atoms with Crippen molar-refractivity contribution in [1.82, 2.24) is 0 Å². The van der Waals surface area contributed by atoms with Crippen molar-refractivity contribution in [3.05, 3.63) is 24.8 Å². The maximum Gasteiger partial charge on any atom is -0.0348 e. The summed E-state index contributed by atoms with van der Waals surface area (Å²) in [5.41, 5.74) is 0. The van der Waals surface area contributed by atoms with Gasteiger partial charge in [-0.1, -0.05) is 141 Å². The van der Waals surface area contributed by atoms with Crippen LogP contribution < -0.4 is 0 Å². The number of unbranched alkanes of at least 4 members (excludes halogenated alkanes) is 18. The summed E-state index contributed by atoms with van der Waals surface area (Å²) in [6, 6.07) is 0. The van der Waals surface area contributed by atoms with Crippen LogP contribution in [-0.2, 0) is 0 Å². The lowest BCUT2D eigenvalue weighted by molar-refractivity contribution is 0.525. The molecule has 0 aliphatic heterocycles. The van der Waals surface area contributed by atoms with Crippen molar-refractivity contribution < 1.29 is 0 Å². The van der Waals surface area contributed by atoms with Gasteiger partial charge in [0, 0.05) is 0 Å². The largest absolute Gasteiger partial charge is 0.0991 e. The van der Waals surface area contributed by atoms with Crippen LogP contribution in [0.15, 0.2) is 24.8 Å². The van der Waals surface area contributed by atoms with Gasteiger partial charge in [-0.15, -0.1) is 0 Å². The van der Waals surface area contributed by atoms with Crippen molar-refractivity contribution in [3.8, 4) is 0 Å². The Labute approximate surface area is 154 Å². The molecule has 0 N–H and O–H groups in total. The van der Waals surface area contributed by atoms with E-state index in [-0.39, 0.29) is 0 Å². The van der Waals surface area contributed by atoms with E-state index in [1.54, 1.807) is 0 Å². The lowest BCUT2D eigenvalue weighted by atomic mass is 10.0. The highest BCUT2D eigenvalue weighted by Gasteiger charge is 1.94. The monoisotopic (exact) mass is 334 g/mol. The molecule has 0 amide bonds. The lowest BCUT2D eigenvalue weighted by Gasteiger charge is -2.03. The Kier molecular flexibility index (Phi) is 22.0. The van der Waals surface area contributed by atoms with Crippen molar-refractivity contribution in [3.63, 3.8) is 0 Å². The SMILES string of the molecule is C=CC=CCCCCCCCCCCCCCCCCCCCC. The van der Waals surface area contributed by atoms with E-state index in [1.807, 2.05) is 6.08 Å². The van der Waals surface area contributed by atoms with Crippen molar-refractivity contribution >= 4 is 0 Å². The Bertz CT molecular complexity index is 251. The van der Waals surface area contributed by atoms with Crippen LogP contribution in [0.4, 0.5) is 0 Å². The average Bonchev–Trinajstić information content (AvgIpc) is 2.60. The molecule has 0 aromatic carbocycles. The molecule has 0 rings (SSSR count). The number of hydrogen-bond acceptors (Lipinski definition) is 0. The molecule has 0 heteroatoms. The first-order valence-electron chi connectivity index (χ1n) is 11.2. The Balaban J connectivity index is 2.98. The van der Waals surface area contributed by atoms with Crippen molar-refractivity contribution in [1.29, 1.82) is 0 Å². The normalized spacial score (nSPS) is 11.4. The van der Waals surface area contributed by atoms with Crippen LogP contribution in [0.25, 0.3) is 0 Å². The van der Waals surface area contributed by atoms with Gasteiger partial charge in [0.2, 0.25) is 0 Å². The molecule has 142 valence electrons. The topological polar surface area (TPSA) is 0 Å². The van der Waals surface area contributed by atoms with E-state index in [9.17, 15) is 0 Å². The molecule has 0 radical (unpaired) electrons. The van der Waals surface area contributed by atoms with Gasteiger partial charge in [0.1, 0.15) is 0 Å². The summed E-state index contributed by atoms with van der Waals surface area (Å²) >= 11 is 0. The molecule has 0 atom stereocenters. The van der Waals surface area contributed by atoms with E-state index < -0.39 is 0 Å². The van der Waals surface area contributed by atoms with Crippen molar-refractivity contribution in [2.45, 2.75) is 129 Å². The Morgan fingerprint density at radius 1 is 0.500 bits per heavy atom. The van der Waals surface area contributed by atoms with Crippen LogP contribution in [0.5, 0.6) is 0 Å². The first-order valence-corrected chi connectivity index (χ1v) is 11.2. The molecule has 24 heavy (non-hydrogen) atoms. The second kappa shape index (κ2) is 22.5. The van der Waals surface area contributed by atoms with Crippen LogP contribution in [0.1, 0.15) is 129 Å². The van der Waals surface area contributed by atoms with Crippen LogP contribution in [0.2, 0.25) is 0 Å². The summed E-state index contributed by atoms with van der Waals surface area (Å²) in [6.07, 6.45) is 33.5. The third kappa shape index (κ3) is 21.5. The zero-order valence-corrected chi connectivity index (χ0v) is 16.9. The summed E-state index contributed by atoms with van der Waals surface area (Å²) in [5.74, 6) is 0. The molecule has 0 bridgehead atoms. The molecule has 0 fully saturated rings. The van der Waals surface area contributed by atoms with E-state index in [0.29, 0.717) is 0 Å². The highest BCUT2D eigenvalue weighted by atomic mass is 14.0. The van der Waals surface area contributed by atoms with Gasteiger partial charge in [0.05, 0.1) is 0 Å². The summed E-state index contributed by atoms with van der Waals surface area (Å²) in [6.45, 7) is 5.99. The predicted molar refractivity (Wildman–Crippen MR) is 113 cm³/mol. The van der Waals surface area contributed by atoms with Gasteiger partial charge in [-0.2, -0.15) is 0 Å². The standard InChI is InChI=1S/C24H46/c1-3-5-7-9-11-13-15-17-19-21-23-24-22-20-18-16-14-12-10-8-6-4-2/h3,5,7H,1,4,6,8-24H2,2H3. The summed E-state index contributed by atoms with van der Waals surface area (Å²) in [4.78, 5) is 0. The third-order valence-corrected chi connectivity index (χ3v) is 5.00. The van der Waals surface area contributed by atoms with Gasteiger partial charge >= 0.3 is 0 Å². The van der Waals surface area contributed by atoms with Crippen LogP contribution in [0, 0.1) is 0 Å². The highest BCUT2D eigenvalue weighted by molar-refractivity contribution is 4.96. The second-order valence-corrected chi connectivity index (χ2v) is 7.46. The molecule has 0 saturated heterocycles. The van der Waals surface area contributed by atoms with E-state index in [1.165, 1.54) is 122 Å². The zero-order valence-electron chi connectivity index (χ0n) is 16.9. The smallest absolute Gasteiger partial charge is 0.0348 e. The number of rotatable bonds is 20. The average molecular weight is 335 g/mol. The van der Waals surface area contributed by atoms with Crippen LogP contribution in [-0.4, -0.2) is 0 Å². The predicted octanol–water partition coefficient (Wildman–Crippen LogP) is 9.16. The molecular weight excluding hydrogens is 288 g/mol. The highest BCUT2D eigenvalue weighted by Crippen LogP contribution is 2.14. The van der Waals surface area contributed by atoms with E-state index in [0.717, 1.165) is 0 Å². The fourth-order valence-corrected chi connectivity index (χ4v) is 3.36. The summed E-state index contributed by atoms with van der Waals surface area (Å²) in [5, 5.41) is 0. The Morgan fingerprint density at radius 3 is 1.17 bits per heavy atom. The molecule has 0 aromatic rings. The van der Waals surface area contributed by atoms with E-state index in [2.05, 4.69) is 25.7 Å². The minimum atomic E-state index is 1.23. The molecule has 0 aliphatic rings. The van der Waals surface area contributed by atoms with Gasteiger partial charge < -0.3 is 0 Å². The summed E-state index contributed by atoms with van der Waals surface area (Å²) in [7, 11) is 0. The van der Waals surface area contributed by atoms with Gasteiger partial charge in [0.25, 0.3) is 0 Å². The minimum absolute atomic E-state index is 1.23. The molecule has 0 nitrogen and oxygen atoms in total. The van der Waals surface area contributed by atoms with Gasteiger partial charge in [0.15, 0.2) is 0 Å². The van der Waals surface area contributed by atoms with Gasteiger partial charge in [-0.3, -0.25) is 0 Å². The molecule has 0 saturated carbocycles. The second-order valence-electron chi connectivity index (χ2n) is 7.46. The number of allylic oxidation sites excluding steroid dienone is 3. The Morgan fingerprint density at radius 2 is 0.833 bits per heavy atom. The van der Waals surface area contributed by atoms with Crippen molar-refractivity contribution in [2.75, 3.05) is 0 Å². The van der Waals surface area contributed by atoms with Gasteiger partial charge in [-0.05, 0) is 12.8 Å². The van der Waals surface area contributed by atoms with Crippen LogP contribution >= 0.6 is 0 Å². The van der Waals surface area contributed by atoms with E-state index in [4.69, 9.17) is 0 Å². The number of hydrogen-bond donors (Lipinski definition) is 0. The molecule has 0 aliphatic carbocycles. The fourth-order valence-electron chi connectivity index (χ4n) is 3.36. The third-order valence-electron chi connectivity index (χ3n) is 5.00. The molecule has 0 spiro atoms. The maximum atomic E-state index is 3.69. The Hall–Kier alpha value is -0.520. The lowest BCUT2D eigenvalue weighted by Crippen LogP contribution is -1.84.